The summed E-state index contributed by atoms with van der Waals surface area (Å²) in [6.45, 7) is -0.276. The second kappa shape index (κ2) is 9.18. The number of benzene rings is 2. The third-order valence-corrected chi connectivity index (χ3v) is 3.60. The number of carbonyl (C=O) groups excluding carboxylic acids is 2. The molecule has 2 aromatic carbocycles. The summed E-state index contributed by atoms with van der Waals surface area (Å²) in [5.41, 5.74) is 0.428. The number of nitrogens with zero attached hydrogens (tertiary/aromatic N) is 1. The van der Waals surface area contributed by atoms with Crippen molar-refractivity contribution in [2.24, 2.45) is 0 Å². The fourth-order valence-electron chi connectivity index (χ4n) is 2.17. The van der Waals surface area contributed by atoms with Gasteiger partial charge in [0.2, 0.25) is 0 Å². The minimum absolute atomic E-state index is 0.115. The number of hydrogen-bond acceptors (Lipinski definition) is 7. The Bertz CT molecular complexity index is 834. The first-order valence-electron chi connectivity index (χ1n) is 7.83. The normalized spacial score (nSPS) is 10.0. The topological polar surface area (TPSA) is 117 Å². The van der Waals surface area contributed by atoms with Crippen molar-refractivity contribution >= 4 is 17.6 Å². The van der Waals surface area contributed by atoms with E-state index in [1.807, 2.05) is 0 Å². The van der Waals surface area contributed by atoms with Gasteiger partial charge in [0, 0.05) is 18.7 Å². The van der Waals surface area contributed by atoms with Gasteiger partial charge in [-0.2, -0.15) is 0 Å². The highest BCUT2D eigenvalue weighted by Crippen LogP contribution is 2.24. The van der Waals surface area contributed by atoms with E-state index in [-0.39, 0.29) is 23.5 Å². The fourth-order valence-corrected chi connectivity index (χ4v) is 2.17. The molecule has 0 unspecified atom stereocenters. The van der Waals surface area contributed by atoms with Crippen LogP contribution in [0, 0.1) is 10.1 Å². The Labute approximate surface area is 155 Å². The first-order chi connectivity index (χ1) is 12.9. The molecule has 2 rings (SSSR count). The second-order valence-electron chi connectivity index (χ2n) is 5.34. The molecule has 0 radical (unpaired) electrons. The van der Waals surface area contributed by atoms with Crippen molar-refractivity contribution in [2.75, 3.05) is 20.8 Å². The molecule has 0 aliphatic rings. The third-order valence-electron chi connectivity index (χ3n) is 3.60. The molecule has 27 heavy (non-hydrogen) atoms. The van der Waals surface area contributed by atoms with Crippen molar-refractivity contribution < 1.29 is 28.7 Å². The van der Waals surface area contributed by atoms with Crippen molar-refractivity contribution in [1.29, 1.82) is 0 Å². The lowest BCUT2D eigenvalue weighted by molar-refractivity contribution is -0.384. The summed E-state index contributed by atoms with van der Waals surface area (Å²) in [6, 6.07) is 10.6. The van der Waals surface area contributed by atoms with E-state index in [0.29, 0.717) is 5.75 Å². The molecule has 0 spiro atoms. The van der Waals surface area contributed by atoms with Crippen LogP contribution in [0.25, 0.3) is 0 Å². The zero-order valence-electron chi connectivity index (χ0n) is 14.8. The number of nitro benzene ring substituents is 1. The predicted molar refractivity (Wildman–Crippen MR) is 94.8 cm³/mol. The van der Waals surface area contributed by atoms with E-state index in [0.717, 1.165) is 11.6 Å². The molecular formula is C18H18N2O7. The Morgan fingerprint density at radius 1 is 1.07 bits per heavy atom. The molecule has 0 aromatic heterocycles. The molecule has 2 aromatic rings. The molecule has 0 bridgehead atoms. The van der Waals surface area contributed by atoms with Crippen LogP contribution in [-0.2, 0) is 16.1 Å². The maximum Gasteiger partial charge on any atom is 0.342 e. The van der Waals surface area contributed by atoms with Gasteiger partial charge in [-0.05, 0) is 23.8 Å². The first-order valence-corrected chi connectivity index (χ1v) is 7.83. The van der Waals surface area contributed by atoms with Crippen LogP contribution in [-0.4, -0.2) is 37.6 Å². The summed E-state index contributed by atoms with van der Waals surface area (Å²) in [5, 5.41) is 13.4. The van der Waals surface area contributed by atoms with E-state index in [4.69, 9.17) is 14.2 Å². The fraction of sp³-hybridized carbons (Fsp3) is 0.222. The number of nitrogens with one attached hydrogen (secondary N) is 1. The van der Waals surface area contributed by atoms with Crippen molar-refractivity contribution in [2.45, 2.75) is 6.54 Å². The van der Waals surface area contributed by atoms with Gasteiger partial charge in [-0.1, -0.05) is 12.1 Å². The number of ether oxygens (including phenoxy) is 3. The summed E-state index contributed by atoms with van der Waals surface area (Å²) < 4.78 is 15.0. The molecule has 0 fully saturated rings. The molecular weight excluding hydrogens is 356 g/mol. The molecule has 0 aliphatic heterocycles. The summed E-state index contributed by atoms with van der Waals surface area (Å²) in [6.07, 6.45) is 0. The maximum atomic E-state index is 12.1. The average Bonchev–Trinajstić information content (AvgIpc) is 2.70. The van der Waals surface area contributed by atoms with Crippen molar-refractivity contribution in [3.8, 4) is 11.5 Å². The van der Waals surface area contributed by atoms with E-state index >= 15 is 0 Å². The number of rotatable bonds is 8. The van der Waals surface area contributed by atoms with Crippen LogP contribution in [0.5, 0.6) is 11.5 Å². The maximum absolute atomic E-state index is 12.1. The van der Waals surface area contributed by atoms with Crippen LogP contribution in [0.1, 0.15) is 15.9 Å². The molecule has 9 heteroatoms. The van der Waals surface area contributed by atoms with Gasteiger partial charge in [0.25, 0.3) is 11.6 Å². The lowest BCUT2D eigenvalue weighted by Crippen LogP contribution is -2.28. The first kappa shape index (κ1) is 19.7. The van der Waals surface area contributed by atoms with E-state index < -0.39 is 23.4 Å². The Kier molecular flexibility index (Phi) is 6.70. The van der Waals surface area contributed by atoms with Crippen LogP contribution in [0.4, 0.5) is 5.69 Å². The summed E-state index contributed by atoms with van der Waals surface area (Å²) in [5.74, 6) is -0.590. The van der Waals surface area contributed by atoms with Crippen molar-refractivity contribution in [1.82, 2.24) is 5.32 Å². The molecule has 0 saturated heterocycles. The van der Waals surface area contributed by atoms with E-state index in [2.05, 4.69) is 5.32 Å². The van der Waals surface area contributed by atoms with Crippen molar-refractivity contribution in [3.63, 3.8) is 0 Å². The number of amides is 1. The predicted octanol–water partition coefficient (Wildman–Crippen LogP) is 2.09. The monoisotopic (exact) mass is 374 g/mol. The highest BCUT2D eigenvalue weighted by atomic mass is 16.6. The van der Waals surface area contributed by atoms with Crippen molar-refractivity contribution in [3.05, 3.63) is 63.7 Å². The molecule has 0 saturated carbocycles. The van der Waals surface area contributed by atoms with Gasteiger partial charge in [0.05, 0.1) is 19.1 Å². The summed E-state index contributed by atoms with van der Waals surface area (Å²) in [4.78, 5) is 34.2. The van der Waals surface area contributed by atoms with E-state index in [9.17, 15) is 19.7 Å². The molecule has 9 nitrogen and oxygen atoms in total. The highest BCUT2D eigenvalue weighted by Gasteiger charge is 2.19. The molecule has 0 heterocycles. The molecule has 142 valence electrons. The highest BCUT2D eigenvalue weighted by molar-refractivity contribution is 5.94. The number of non-ortho nitro benzene ring substituents is 1. The van der Waals surface area contributed by atoms with E-state index in [1.165, 1.54) is 19.2 Å². The van der Waals surface area contributed by atoms with Gasteiger partial charge >= 0.3 is 5.97 Å². The SMILES string of the molecule is COc1ccc(CNC(=O)COC(=O)c2cc([N+](=O)[O-])ccc2OC)cc1. The Morgan fingerprint density at radius 2 is 1.78 bits per heavy atom. The van der Waals surface area contributed by atoms with Gasteiger partial charge in [0.15, 0.2) is 6.61 Å². The largest absolute Gasteiger partial charge is 0.497 e. The van der Waals surface area contributed by atoms with Crippen LogP contribution in [0.3, 0.4) is 0 Å². The van der Waals surface area contributed by atoms with Crippen LogP contribution < -0.4 is 14.8 Å². The van der Waals surface area contributed by atoms with E-state index in [1.54, 1.807) is 31.4 Å². The number of esters is 1. The van der Waals surface area contributed by atoms with Crippen LogP contribution in [0.15, 0.2) is 42.5 Å². The minimum atomic E-state index is -0.893. The Balaban J connectivity index is 1.91. The summed E-state index contributed by atoms with van der Waals surface area (Å²) in [7, 11) is 2.88. The van der Waals surface area contributed by atoms with Crippen LogP contribution in [0.2, 0.25) is 0 Å². The Hall–Kier alpha value is -3.62. The van der Waals surface area contributed by atoms with Crippen LogP contribution >= 0.6 is 0 Å². The molecule has 0 atom stereocenters. The summed E-state index contributed by atoms with van der Waals surface area (Å²) >= 11 is 0. The quantitative estimate of drug-likeness (QED) is 0.427. The number of carbonyl (C=O) groups is 2. The minimum Gasteiger partial charge on any atom is -0.497 e. The van der Waals surface area contributed by atoms with Gasteiger partial charge in [-0.15, -0.1) is 0 Å². The zero-order chi connectivity index (χ0) is 19.8. The third kappa shape index (κ3) is 5.43. The Morgan fingerprint density at radius 3 is 2.37 bits per heavy atom. The smallest absolute Gasteiger partial charge is 0.342 e. The number of hydrogen-bond donors (Lipinski definition) is 1. The van der Waals surface area contributed by atoms with Gasteiger partial charge in [-0.3, -0.25) is 14.9 Å². The lowest BCUT2D eigenvalue weighted by Gasteiger charge is -2.09. The lowest BCUT2D eigenvalue weighted by atomic mass is 10.2. The molecule has 1 N–H and O–H groups in total. The number of methoxy groups -OCH3 is 2. The van der Waals surface area contributed by atoms with Gasteiger partial charge < -0.3 is 19.5 Å². The van der Waals surface area contributed by atoms with Gasteiger partial charge in [0.1, 0.15) is 17.1 Å². The standard InChI is InChI=1S/C18H18N2O7/c1-25-14-6-3-12(4-7-14)10-19-17(21)11-27-18(22)15-9-13(20(23)24)5-8-16(15)26-2/h3-9H,10-11H2,1-2H3,(H,19,21). The zero-order valence-corrected chi connectivity index (χ0v) is 14.8. The number of nitro groups is 1. The molecule has 1 amide bonds. The average molecular weight is 374 g/mol. The van der Waals surface area contributed by atoms with Gasteiger partial charge in [-0.25, -0.2) is 4.79 Å². The second-order valence-corrected chi connectivity index (χ2v) is 5.34. The molecule has 0 aliphatic carbocycles.